The molecular formula is C10H9FN2. The maximum Gasteiger partial charge on any atom is 0.129 e. The third kappa shape index (κ3) is 1.27. The third-order valence-corrected chi connectivity index (χ3v) is 2.03. The van der Waals surface area contributed by atoms with Crippen LogP contribution in [0.3, 0.4) is 0 Å². The lowest BCUT2D eigenvalue weighted by Gasteiger charge is -2.03. The molecule has 1 heterocycles. The van der Waals surface area contributed by atoms with Crippen LogP contribution in [0.1, 0.15) is 5.56 Å². The van der Waals surface area contributed by atoms with Crippen LogP contribution < -0.4 is 5.73 Å². The minimum Gasteiger partial charge on any atom is -0.326 e. The summed E-state index contributed by atoms with van der Waals surface area (Å²) in [6.45, 7) is 0.181. The highest BCUT2D eigenvalue weighted by Gasteiger charge is 2.05. The van der Waals surface area contributed by atoms with Crippen molar-refractivity contribution in [3.05, 3.63) is 41.8 Å². The van der Waals surface area contributed by atoms with Crippen LogP contribution in [-0.4, -0.2) is 4.98 Å². The summed E-state index contributed by atoms with van der Waals surface area (Å²) in [4.78, 5) is 4.09. The number of pyridine rings is 1. The van der Waals surface area contributed by atoms with Crippen molar-refractivity contribution in [2.75, 3.05) is 0 Å². The summed E-state index contributed by atoms with van der Waals surface area (Å²) >= 11 is 0. The standard InChI is InChI=1S/C10H9FN2/c11-9-4-3-7-2-1-5-13-10(7)8(9)6-12/h1-5H,6,12H2. The van der Waals surface area contributed by atoms with Gasteiger partial charge in [-0.3, -0.25) is 4.98 Å². The van der Waals surface area contributed by atoms with Crippen molar-refractivity contribution in [3.63, 3.8) is 0 Å². The second-order valence-corrected chi connectivity index (χ2v) is 2.81. The Kier molecular flexibility index (Phi) is 1.94. The van der Waals surface area contributed by atoms with Crippen molar-refractivity contribution in [2.24, 2.45) is 5.73 Å². The maximum atomic E-state index is 13.2. The minimum atomic E-state index is -0.284. The van der Waals surface area contributed by atoms with Crippen molar-refractivity contribution in [1.82, 2.24) is 4.98 Å². The highest BCUT2D eigenvalue weighted by atomic mass is 19.1. The van der Waals surface area contributed by atoms with Gasteiger partial charge in [0.1, 0.15) is 5.82 Å². The molecule has 66 valence electrons. The zero-order chi connectivity index (χ0) is 9.26. The lowest BCUT2D eigenvalue weighted by molar-refractivity contribution is 0.613. The molecule has 0 fully saturated rings. The Balaban J connectivity index is 2.84. The average molecular weight is 176 g/mol. The van der Waals surface area contributed by atoms with E-state index in [2.05, 4.69) is 4.98 Å². The van der Waals surface area contributed by atoms with Gasteiger partial charge in [-0.05, 0) is 18.2 Å². The molecule has 0 radical (unpaired) electrons. The summed E-state index contributed by atoms with van der Waals surface area (Å²) in [5.41, 5.74) is 6.58. The molecule has 0 saturated carbocycles. The topological polar surface area (TPSA) is 38.9 Å². The van der Waals surface area contributed by atoms with Gasteiger partial charge in [0.15, 0.2) is 0 Å². The van der Waals surface area contributed by atoms with E-state index in [0.29, 0.717) is 11.1 Å². The molecule has 3 heteroatoms. The van der Waals surface area contributed by atoms with Gasteiger partial charge in [-0.15, -0.1) is 0 Å². The Bertz CT molecular complexity index is 440. The molecule has 1 aromatic carbocycles. The van der Waals surface area contributed by atoms with Gasteiger partial charge in [-0.25, -0.2) is 4.39 Å². The SMILES string of the molecule is NCc1c(F)ccc2cccnc12. The monoisotopic (exact) mass is 176 g/mol. The molecule has 0 bridgehead atoms. The average Bonchev–Trinajstić information content (AvgIpc) is 2.18. The van der Waals surface area contributed by atoms with Gasteiger partial charge in [0.2, 0.25) is 0 Å². The lowest BCUT2D eigenvalue weighted by Crippen LogP contribution is -2.01. The Morgan fingerprint density at radius 3 is 2.92 bits per heavy atom. The molecule has 2 rings (SSSR count). The predicted octanol–water partition coefficient (Wildman–Crippen LogP) is 1.83. The van der Waals surface area contributed by atoms with Gasteiger partial charge in [0.25, 0.3) is 0 Å². The molecule has 0 atom stereocenters. The molecule has 2 aromatic rings. The Morgan fingerprint density at radius 1 is 1.31 bits per heavy atom. The Hall–Kier alpha value is -1.48. The number of hydrogen-bond donors (Lipinski definition) is 1. The van der Waals surface area contributed by atoms with Crippen LogP contribution in [0.5, 0.6) is 0 Å². The highest BCUT2D eigenvalue weighted by molar-refractivity contribution is 5.81. The molecule has 0 spiro atoms. The van der Waals surface area contributed by atoms with Gasteiger partial charge < -0.3 is 5.73 Å². The number of nitrogens with two attached hydrogens (primary N) is 1. The molecule has 13 heavy (non-hydrogen) atoms. The Labute approximate surface area is 75.2 Å². The number of aromatic nitrogens is 1. The summed E-state index contributed by atoms with van der Waals surface area (Å²) in [7, 11) is 0. The van der Waals surface area contributed by atoms with Gasteiger partial charge in [0.05, 0.1) is 5.52 Å². The number of halogens is 1. The number of fused-ring (bicyclic) bond motifs is 1. The van der Waals surface area contributed by atoms with E-state index in [4.69, 9.17) is 5.73 Å². The van der Waals surface area contributed by atoms with Crippen LogP contribution in [0.15, 0.2) is 30.5 Å². The zero-order valence-corrected chi connectivity index (χ0v) is 7.00. The summed E-state index contributed by atoms with van der Waals surface area (Å²) < 4.78 is 13.2. The minimum absolute atomic E-state index is 0.181. The van der Waals surface area contributed by atoms with E-state index in [1.54, 1.807) is 12.3 Å². The molecule has 0 unspecified atom stereocenters. The first kappa shape index (κ1) is 8.13. The molecule has 2 nitrogen and oxygen atoms in total. The second-order valence-electron chi connectivity index (χ2n) is 2.81. The predicted molar refractivity (Wildman–Crippen MR) is 49.6 cm³/mol. The summed E-state index contributed by atoms with van der Waals surface area (Å²) in [5, 5.41) is 0.921. The van der Waals surface area contributed by atoms with E-state index in [9.17, 15) is 4.39 Å². The van der Waals surface area contributed by atoms with Crippen LogP contribution >= 0.6 is 0 Å². The maximum absolute atomic E-state index is 13.2. The molecule has 0 aliphatic heterocycles. The van der Waals surface area contributed by atoms with Crippen molar-refractivity contribution in [1.29, 1.82) is 0 Å². The second kappa shape index (κ2) is 3.11. The smallest absolute Gasteiger partial charge is 0.129 e. The van der Waals surface area contributed by atoms with E-state index in [1.807, 2.05) is 12.1 Å². The van der Waals surface area contributed by atoms with Crippen molar-refractivity contribution < 1.29 is 4.39 Å². The third-order valence-electron chi connectivity index (χ3n) is 2.03. The number of hydrogen-bond acceptors (Lipinski definition) is 2. The molecule has 2 N–H and O–H groups in total. The van der Waals surface area contributed by atoms with Gasteiger partial charge in [-0.1, -0.05) is 6.07 Å². The van der Waals surface area contributed by atoms with E-state index < -0.39 is 0 Å². The van der Waals surface area contributed by atoms with E-state index in [-0.39, 0.29) is 12.4 Å². The van der Waals surface area contributed by atoms with Gasteiger partial charge in [-0.2, -0.15) is 0 Å². The van der Waals surface area contributed by atoms with Crippen molar-refractivity contribution >= 4 is 10.9 Å². The fraction of sp³-hybridized carbons (Fsp3) is 0.100. The first-order valence-electron chi connectivity index (χ1n) is 4.05. The normalized spacial score (nSPS) is 10.6. The molecule has 0 aliphatic rings. The number of nitrogens with zero attached hydrogens (tertiary/aromatic N) is 1. The molecule has 1 aromatic heterocycles. The van der Waals surface area contributed by atoms with Crippen LogP contribution in [0.2, 0.25) is 0 Å². The quantitative estimate of drug-likeness (QED) is 0.720. The molecule has 0 saturated heterocycles. The lowest BCUT2D eigenvalue weighted by atomic mass is 10.1. The van der Waals surface area contributed by atoms with Crippen LogP contribution in [0.25, 0.3) is 10.9 Å². The first-order chi connectivity index (χ1) is 6.33. The molecular weight excluding hydrogens is 167 g/mol. The summed E-state index contributed by atoms with van der Waals surface area (Å²) in [5.74, 6) is -0.284. The Morgan fingerprint density at radius 2 is 2.15 bits per heavy atom. The van der Waals surface area contributed by atoms with Crippen LogP contribution in [0.4, 0.5) is 4.39 Å². The fourth-order valence-corrected chi connectivity index (χ4v) is 1.38. The molecule has 0 amide bonds. The van der Waals surface area contributed by atoms with Gasteiger partial charge >= 0.3 is 0 Å². The van der Waals surface area contributed by atoms with Crippen molar-refractivity contribution in [3.8, 4) is 0 Å². The largest absolute Gasteiger partial charge is 0.326 e. The van der Waals surface area contributed by atoms with Crippen LogP contribution in [-0.2, 0) is 6.54 Å². The molecule has 0 aliphatic carbocycles. The number of rotatable bonds is 1. The van der Waals surface area contributed by atoms with Crippen molar-refractivity contribution in [2.45, 2.75) is 6.54 Å². The fourth-order valence-electron chi connectivity index (χ4n) is 1.38. The van der Waals surface area contributed by atoms with Gasteiger partial charge in [0, 0.05) is 23.7 Å². The van der Waals surface area contributed by atoms with Crippen LogP contribution in [0, 0.1) is 5.82 Å². The highest BCUT2D eigenvalue weighted by Crippen LogP contribution is 2.18. The summed E-state index contributed by atoms with van der Waals surface area (Å²) in [6, 6.07) is 6.84. The van der Waals surface area contributed by atoms with E-state index >= 15 is 0 Å². The number of benzene rings is 1. The first-order valence-corrected chi connectivity index (χ1v) is 4.05. The zero-order valence-electron chi connectivity index (χ0n) is 7.00. The van der Waals surface area contributed by atoms with E-state index in [0.717, 1.165) is 5.39 Å². The summed E-state index contributed by atoms with van der Waals surface area (Å²) in [6.07, 6.45) is 1.64. The van der Waals surface area contributed by atoms with E-state index in [1.165, 1.54) is 6.07 Å².